The molecule has 9 heteroatoms. The second-order valence-electron chi connectivity index (χ2n) is 9.15. The third-order valence-electron chi connectivity index (χ3n) is 4.81. The van der Waals surface area contributed by atoms with E-state index in [1.807, 2.05) is 42.4 Å². The number of primary amides is 1. The Morgan fingerprint density at radius 1 is 1.17 bits per heavy atom. The first-order valence-corrected chi connectivity index (χ1v) is 12.7. The summed E-state index contributed by atoms with van der Waals surface area (Å²) in [6.07, 6.45) is 1.73. The predicted molar refractivity (Wildman–Crippen MR) is 123 cm³/mol. The van der Waals surface area contributed by atoms with Crippen LogP contribution in [0.4, 0.5) is 4.79 Å². The quantitative estimate of drug-likeness (QED) is 0.287. The maximum absolute atomic E-state index is 13.1. The van der Waals surface area contributed by atoms with Crippen molar-refractivity contribution in [3.63, 3.8) is 0 Å². The van der Waals surface area contributed by atoms with Gasteiger partial charge in [0.05, 0.1) is 12.1 Å². The van der Waals surface area contributed by atoms with Gasteiger partial charge in [0.2, 0.25) is 5.91 Å². The zero-order chi connectivity index (χ0) is 22.2. The van der Waals surface area contributed by atoms with Crippen LogP contribution in [0.1, 0.15) is 60.8 Å². The molecule has 0 spiro atoms. The average molecular weight is 447 g/mol. The van der Waals surface area contributed by atoms with Gasteiger partial charge in [-0.25, -0.2) is 4.79 Å². The van der Waals surface area contributed by atoms with Gasteiger partial charge in [-0.1, -0.05) is 63.1 Å². The molecule has 0 bridgehead atoms. The highest BCUT2D eigenvalue weighted by atomic mass is 33.1. The Balaban J connectivity index is 2.82. The number of hydrogen-bond acceptors (Lipinski definition) is 6. The van der Waals surface area contributed by atoms with Gasteiger partial charge in [0.25, 0.3) is 0 Å². The molecule has 1 aliphatic rings. The first-order chi connectivity index (χ1) is 13.4. The van der Waals surface area contributed by atoms with E-state index in [0.717, 1.165) is 5.75 Å². The highest BCUT2D eigenvalue weighted by Crippen LogP contribution is 2.37. The molecule has 1 rings (SSSR count). The van der Waals surface area contributed by atoms with Crippen molar-refractivity contribution < 1.29 is 14.4 Å². The number of ketones is 1. The van der Waals surface area contributed by atoms with E-state index in [1.54, 1.807) is 0 Å². The molecule has 7 nitrogen and oxygen atoms in total. The van der Waals surface area contributed by atoms with Gasteiger partial charge in [-0.3, -0.25) is 9.59 Å². The SMILES string of the molecule is CC(C)CC(NC1CSSC1C)C(=O)NC(CCCNC(N)=O)C(=O)C(C)(C)C. The van der Waals surface area contributed by atoms with Gasteiger partial charge in [0.15, 0.2) is 5.78 Å². The predicted octanol–water partition coefficient (Wildman–Crippen LogP) is 2.69. The van der Waals surface area contributed by atoms with Crippen LogP contribution < -0.4 is 21.7 Å². The summed E-state index contributed by atoms with van der Waals surface area (Å²) >= 11 is 0. The lowest BCUT2D eigenvalue weighted by atomic mass is 9.84. The van der Waals surface area contributed by atoms with Crippen molar-refractivity contribution in [1.29, 1.82) is 0 Å². The maximum atomic E-state index is 13.1. The second kappa shape index (κ2) is 12.1. The largest absolute Gasteiger partial charge is 0.352 e. The zero-order valence-corrected chi connectivity index (χ0v) is 20.2. The van der Waals surface area contributed by atoms with Crippen LogP contribution in [0.3, 0.4) is 0 Å². The highest BCUT2D eigenvalue weighted by Gasteiger charge is 2.34. The Hall–Kier alpha value is -0.930. The molecule has 1 saturated heterocycles. The van der Waals surface area contributed by atoms with Crippen LogP contribution in [0.25, 0.3) is 0 Å². The number of rotatable bonds is 11. The second-order valence-corrected chi connectivity index (χ2v) is 11.9. The van der Waals surface area contributed by atoms with E-state index in [2.05, 4.69) is 36.7 Å². The number of carbonyl (C=O) groups excluding carboxylic acids is 3. The fourth-order valence-electron chi connectivity index (χ4n) is 3.17. The summed E-state index contributed by atoms with van der Waals surface area (Å²) in [5, 5.41) is 9.49. The molecular formula is C20H38N4O3S2. The average Bonchev–Trinajstić information content (AvgIpc) is 2.99. The molecule has 0 aromatic heterocycles. The van der Waals surface area contributed by atoms with Gasteiger partial charge in [-0.05, 0) is 25.2 Å². The Bertz CT molecular complexity index is 566. The van der Waals surface area contributed by atoms with Gasteiger partial charge in [0, 0.05) is 29.0 Å². The lowest BCUT2D eigenvalue weighted by Gasteiger charge is -2.29. The van der Waals surface area contributed by atoms with Crippen LogP contribution in [0.2, 0.25) is 0 Å². The van der Waals surface area contributed by atoms with E-state index >= 15 is 0 Å². The lowest BCUT2D eigenvalue weighted by Crippen LogP contribution is -2.55. The van der Waals surface area contributed by atoms with Crippen molar-refractivity contribution in [3.8, 4) is 0 Å². The Labute approximate surface area is 183 Å². The normalized spacial score (nSPS) is 21.6. The summed E-state index contributed by atoms with van der Waals surface area (Å²) < 4.78 is 0. The molecule has 168 valence electrons. The van der Waals surface area contributed by atoms with Crippen molar-refractivity contribution in [2.75, 3.05) is 12.3 Å². The third kappa shape index (κ3) is 9.61. The zero-order valence-electron chi connectivity index (χ0n) is 18.5. The van der Waals surface area contributed by atoms with Crippen molar-refractivity contribution in [1.82, 2.24) is 16.0 Å². The Kier molecular flexibility index (Phi) is 10.8. The van der Waals surface area contributed by atoms with Crippen molar-refractivity contribution in [2.24, 2.45) is 17.1 Å². The lowest BCUT2D eigenvalue weighted by molar-refractivity contribution is -0.133. The van der Waals surface area contributed by atoms with E-state index in [4.69, 9.17) is 5.73 Å². The minimum atomic E-state index is -0.588. The van der Waals surface area contributed by atoms with E-state index in [0.29, 0.717) is 37.0 Å². The van der Waals surface area contributed by atoms with Crippen LogP contribution in [0, 0.1) is 11.3 Å². The summed E-state index contributed by atoms with van der Waals surface area (Å²) in [5.41, 5.74) is 4.53. The van der Waals surface area contributed by atoms with E-state index < -0.39 is 17.5 Å². The van der Waals surface area contributed by atoms with Crippen LogP contribution in [-0.2, 0) is 9.59 Å². The molecular weight excluding hydrogens is 408 g/mol. The molecule has 0 aromatic carbocycles. The highest BCUT2D eigenvalue weighted by molar-refractivity contribution is 8.77. The van der Waals surface area contributed by atoms with Gasteiger partial charge in [-0.2, -0.15) is 0 Å². The van der Waals surface area contributed by atoms with Gasteiger partial charge in [0.1, 0.15) is 0 Å². The van der Waals surface area contributed by atoms with E-state index in [9.17, 15) is 14.4 Å². The first kappa shape index (κ1) is 26.1. The fourth-order valence-corrected chi connectivity index (χ4v) is 6.15. The maximum Gasteiger partial charge on any atom is 0.312 e. The number of Topliss-reactive ketones (excluding diaryl/α,β-unsaturated/α-hetero) is 1. The van der Waals surface area contributed by atoms with Crippen molar-refractivity contribution in [3.05, 3.63) is 0 Å². The molecule has 1 heterocycles. The summed E-state index contributed by atoms with van der Waals surface area (Å²) in [5.74, 6) is 1.19. The molecule has 3 amide bonds. The van der Waals surface area contributed by atoms with Crippen LogP contribution >= 0.6 is 21.6 Å². The fraction of sp³-hybridized carbons (Fsp3) is 0.850. The minimum absolute atomic E-state index is 0.00596. The van der Waals surface area contributed by atoms with Crippen LogP contribution in [0.15, 0.2) is 0 Å². The number of hydrogen-bond donors (Lipinski definition) is 4. The molecule has 4 unspecified atom stereocenters. The Morgan fingerprint density at radius 3 is 2.31 bits per heavy atom. The molecule has 1 fully saturated rings. The number of urea groups is 1. The van der Waals surface area contributed by atoms with E-state index in [1.165, 1.54) is 0 Å². The molecule has 0 aliphatic carbocycles. The van der Waals surface area contributed by atoms with Crippen molar-refractivity contribution in [2.45, 2.75) is 84.2 Å². The third-order valence-corrected chi connectivity index (χ3v) is 7.80. The van der Waals surface area contributed by atoms with Gasteiger partial charge < -0.3 is 21.7 Å². The summed E-state index contributed by atoms with van der Waals surface area (Å²) in [7, 11) is 3.66. The topological polar surface area (TPSA) is 113 Å². The molecule has 29 heavy (non-hydrogen) atoms. The van der Waals surface area contributed by atoms with E-state index in [-0.39, 0.29) is 23.8 Å². The first-order valence-electron chi connectivity index (χ1n) is 10.3. The number of nitrogens with one attached hydrogen (secondary N) is 3. The summed E-state index contributed by atoms with van der Waals surface area (Å²) in [6.45, 7) is 12.3. The van der Waals surface area contributed by atoms with Crippen LogP contribution in [-0.4, -0.2) is 53.4 Å². The van der Waals surface area contributed by atoms with Gasteiger partial charge in [-0.15, -0.1) is 0 Å². The molecule has 0 saturated carbocycles. The van der Waals surface area contributed by atoms with Crippen molar-refractivity contribution >= 4 is 39.3 Å². The number of amides is 3. The smallest absolute Gasteiger partial charge is 0.312 e. The minimum Gasteiger partial charge on any atom is -0.352 e. The summed E-state index contributed by atoms with van der Waals surface area (Å²) in [4.78, 5) is 36.9. The molecule has 1 aliphatic heterocycles. The molecule has 4 atom stereocenters. The number of carbonyl (C=O) groups is 3. The van der Waals surface area contributed by atoms with Gasteiger partial charge >= 0.3 is 6.03 Å². The number of nitrogens with two attached hydrogens (primary N) is 1. The molecule has 0 aromatic rings. The Morgan fingerprint density at radius 2 is 1.83 bits per heavy atom. The summed E-state index contributed by atoms with van der Waals surface area (Å²) in [6, 6.07) is -1.23. The van der Waals surface area contributed by atoms with Crippen LogP contribution in [0.5, 0.6) is 0 Å². The standard InChI is InChI=1S/C20H38N4O3S2/c1-12(2)10-15(23-16-11-28-29-13(16)3)18(26)24-14(17(25)20(4,5)6)8-7-9-22-19(21)27/h12-16,23H,7-11H2,1-6H3,(H,24,26)(H3,21,22,27). The molecule has 5 N–H and O–H groups in total. The monoisotopic (exact) mass is 446 g/mol. The molecule has 0 radical (unpaired) electrons.